The van der Waals surface area contributed by atoms with E-state index >= 15 is 0 Å². The van der Waals surface area contributed by atoms with Crippen molar-refractivity contribution < 1.29 is 40.2 Å². The van der Waals surface area contributed by atoms with Crippen molar-refractivity contribution in [1.82, 2.24) is 4.90 Å². The summed E-state index contributed by atoms with van der Waals surface area (Å²) in [6, 6.07) is 33.9. The number of benzene rings is 3. The second kappa shape index (κ2) is 19.8. The smallest absolute Gasteiger partial charge is 0 e. The Morgan fingerprint density at radius 2 is 1.22 bits per heavy atom. The van der Waals surface area contributed by atoms with Crippen LogP contribution in [-0.2, 0) is 40.2 Å². The molecule has 5 rings (SSSR count). The minimum Gasteiger partial charge on any atom is 0 e. The van der Waals surface area contributed by atoms with Gasteiger partial charge in [-0.15, -0.1) is 0 Å². The van der Waals surface area contributed by atoms with Gasteiger partial charge < -0.3 is 9.33 Å². The van der Waals surface area contributed by atoms with E-state index in [1.54, 1.807) is 0 Å². The average molecular weight is 734 g/mol. The van der Waals surface area contributed by atoms with Gasteiger partial charge in [-0.05, 0) is 28.3 Å². The van der Waals surface area contributed by atoms with Crippen molar-refractivity contribution in [2.75, 3.05) is 13.7 Å². The number of fused-ring (bicyclic) bond motifs is 1. The summed E-state index contributed by atoms with van der Waals surface area (Å²) in [7, 11) is -2.28. The van der Waals surface area contributed by atoms with Crippen molar-refractivity contribution in [3.8, 4) is 0 Å². The Labute approximate surface area is 305 Å². The summed E-state index contributed by atoms with van der Waals surface area (Å²) >= 11 is 0. The van der Waals surface area contributed by atoms with E-state index in [0.29, 0.717) is 13.0 Å². The third kappa shape index (κ3) is 9.30. The molecule has 2 aliphatic rings. The van der Waals surface area contributed by atoms with Crippen LogP contribution in [0.15, 0.2) is 115 Å². The van der Waals surface area contributed by atoms with Gasteiger partial charge in [0.25, 0.3) is 8.32 Å². The molecule has 3 atom stereocenters. The van der Waals surface area contributed by atoms with Crippen LogP contribution < -0.4 is 15.6 Å². The molecule has 1 saturated heterocycles. The number of amides is 1. The zero-order valence-electron chi connectivity index (χ0n) is 29.3. The predicted molar refractivity (Wildman–Crippen MR) is 194 cm³/mol. The quantitative estimate of drug-likeness (QED) is 0.137. The van der Waals surface area contributed by atoms with Crippen LogP contribution in [0.5, 0.6) is 0 Å². The number of hydrogen-bond donors (Lipinski definition) is 0. The fraction of sp³-hybridized carbons (Fsp3) is 0.350. The van der Waals surface area contributed by atoms with Gasteiger partial charge in [-0.1, -0.05) is 160 Å². The van der Waals surface area contributed by atoms with Crippen LogP contribution in [0.25, 0.3) is 0 Å². The van der Waals surface area contributed by atoms with Crippen molar-refractivity contribution in [3.63, 3.8) is 0 Å². The molecular weight excluding hydrogens is 686 g/mol. The van der Waals surface area contributed by atoms with E-state index in [4.69, 9.17) is 18.4 Å². The molecular formula is C40H47FeNO5Si2. The third-order valence-electron chi connectivity index (χ3n) is 9.92. The monoisotopic (exact) mass is 733 g/mol. The first-order valence-corrected chi connectivity index (χ1v) is 21.2. The fourth-order valence-electron chi connectivity index (χ4n) is 7.51. The molecule has 0 unspecified atom stereocenters. The molecule has 0 radical (unpaired) electrons. The van der Waals surface area contributed by atoms with E-state index in [1.165, 1.54) is 15.6 Å². The molecule has 0 aromatic heterocycles. The van der Waals surface area contributed by atoms with E-state index in [1.807, 2.05) is 7.05 Å². The average Bonchev–Trinajstić information content (AvgIpc) is 3.34. The molecule has 49 heavy (non-hydrogen) atoms. The second-order valence-electron chi connectivity index (χ2n) is 13.8. The minimum absolute atomic E-state index is 0. The van der Waals surface area contributed by atoms with E-state index in [2.05, 4.69) is 174 Å². The van der Waals surface area contributed by atoms with Crippen LogP contribution >= 0.6 is 0 Å². The van der Waals surface area contributed by atoms with Gasteiger partial charge >= 0.3 is 33.9 Å². The van der Waals surface area contributed by atoms with Gasteiger partial charge in [-0.2, -0.15) is 0 Å². The summed E-state index contributed by atoms with van der Waals surface area (Å²) in [4.78, 5) is 16.2. The van der Waals surface area contributed by atoms with Crippen LogP contribution in [0.4, 0.5) is 0 Å². The molecule has 6 nitrogen and oxygen atoms in total. The van der Waals surface area contributed by atoms with Crippen LogP contribution in [-0.4, -0.2) is 46.9 Å². The maximum atomic E-state index is 14.2. The van der Waals surface area contributed by atoms with Gasteiger partial charge in [0.2, 0.25) is 5.91 Å². The Morgan fingerprint density at radius 1 is 0.776 bits per heavy atom. The summed E-state index contributed by atoms with van der Waals surface area (Å²) in [5.74, 6) is 0.395. The number of carbonyl (C=O) groups is 1. The minimum atomic E-state index is -2.68. The third-order valence-corrected chi connectivity index (χ3v) is 18.4. The Kier molecular flexibility index (Phi) is 17.7. The number of hydrogen-bond acceptors (Lipinski definition) is 2. The van der Waals surface area contributed by atoms with Crippen LogP contribution in [0.3, 0.4) is 0 Å². The van der Waals surface area contributed by atoms with Gasteiger partial charge in [0.15, 0.2) is 0 Å². The van der Waals surface area contributed by atoms with E-state index in [-0.39, 0.29) is 40.0 Å². The molecule has 0 N–H and O–H groups in total. The number of carbonyl (C=O) groups excluding carboxylic acids is 1. The zero-order valence-corrected chi connectivity index (χ0v) is 32.4. The Bertz CT molecular complexity index is 1510. The Balaban J connectivity index is 0.00000163. The Morgan fingerprint density at radius 3 is 1.67 bits per heavy atom. The van der Waals surface area contributed by atoms with Gasteiger partial charge in [0, 0.05) is 42.7 Å². The summed E-state index contributed by atoms with van der Waals surface area (Å²) < 4.78 is 29.8. The summed E-state index contributed by atoms with van der Waals surface area (Å²) in [5.41, 5.74) is -0.558. The molecule has 1 aliphatic heterocycles. The van der Waals surface area contributed by atoms with Crippen LogP contribution in [0.1, 0.15) is 33.6 Å². The van der Waals surface area contributed by atoms with Crippen molar-refractivity contribution in [1.29, 1.82) is 0 Å². The fourth-order valence-corrected chi connectivity index (χ4v) is 14.5. The summed E-state index contributed by atoms with van der Waals surface area (Å²) in [5, 5.41) is 3.94. The normalized spacial score (nSPS) is 19.3. The van der Waals surface area contributed by atoms with E-state index in [0.717, 1.165) is 12.5 Å². The predicted octanol–water partition coefficient (Wildman–Crippen LogP) is 6.41. The molecule has 1 amide bonds. The molecule has 3 aromatic rings. The first-order valence-electron chi connectivity index (χ1n) is 16.1. The van der Waals surface area contributed by atoms with E-state index < -0.39 is 21.8 Å². The van der Waals surface area contributed by atoms with Gasteiger partial charge in [-0.25, -0.2) is 0 Å². The first-order chi connectivity index (χ1) is 23.0. The SMILES string of the molecule is CN1C(=O)[C@@]2(CCO[Si](c3ccccc3)(c3ccccc3)C(C)(C)C)C=CC=C[C@H]2[C@H]1CC[Si](C)(C)c1ccccc1.[C-]#[O+].[C-]#[O+].[C-]#[O+].[Fe]. The van der Waals surface area contributed by atoms with Gasteiger partial charge in [0.1, 0.15) is 0 Å². The molecule has 0 spiro atoms. The number of rotatable bonds is 10. The number of nitrogens with zero attached hydrogens (tertiary/aromatic N) is 1. The Hall–Kier alpha value is -3.26. The molecule has 1 fully saturated rings. The van der Waals surface area contributed by atoms with E-state index in [9.17, 15) is 4.79 Å². The van der Waals surface area contributed by atoms with Crippen molar-refractivity contribution in [3.05, 3.63) is 135 Å². The van der Waals surface area contributed by atoms with Crippen molar-refractivity contribution in [2.45, 2.75) is 63.8 Å². The van der Waals surface area contributed by atoms with Crippen LogP contribution in [0.2, 0.25) is 24.2 Å². The largest absolute Gasteiger partial charge is 0 e. The molecule has 1 aliphatic carbocycles. The molecule has 258 valence electrons. The maximum Gasteiger partial charge on any atom is 0 e. The van der Waals surface area contributed by atoms with Gasteiger partial charge in [-0.3, -0.25) is 4.79 Å². The maximum absolute atomic E-state index is 14.2. The first kappa shape index (κ1) is 43.8. The van der Waals surface area contributed by atoms with Crippen molar-refractivity contribution in [2.24, 2.45) is 11.3 Å². The molecule has 0 bridgehead atoms. The standard InChI is InChI=1S/C37H47NO2Si2.3CO.Fe/c1-36(2,3)42(31-20-12-8-13-21-31,32-22-14-9-15-23-32)40-28-27-37-26-17-16-24-33(37)34(38(4)35(37)39)25-29-41(5,6)30-18-10-7-11-19-30;3*1-2;/h7-24,26,33-34H,25,27-29H2,1-6H3;;;;/t33-,34+,37+;;;;/m0..../s1. The second-order valence-corrected chi connectivity index (χ2v) is 23.0. The summed E-state index contributed by atoms with van der Waals surface area (Å²) in [6.07, 6.45) is 10.4. The molecule has 1 heterocycles. The van der Waals surface area contributed by atoms with Crippen LogP contribution in [0, 0.1) is 31.3 Å². The molecule has 0 saturated carbocycles. The number of allylic oxidation sites excluding steroid dienone is 2. The summed E-state index contributed by atoms with van der Waals surface area (Å²) in [6.45, 7) is 25.9. The van der Waals surface area contributed by atoms with Crippen molar-refractivity contribution >= 4 is 37.9 Å². The topological polar surface area (TPSA) is 89.2 Å². The molecule has 3 aromatic carbocycles. The molecule has 9 heteroatoms. The van der Waals surface area contributed by atoms with Gasteiger partial charge in [0.05, 0.1) is 13.5 Å². The zero-order chi connectivity index (χ0) is 36.0. The number of likely N-dealkylation sites (tertiary alicyclic amines) is 1.